The SMILES string of the molecule is CCCCNC(=O)C(C)N(Cc1ccccc1)C(=O)CN(c1ccc(Cl)c(C(F)(F)F)c1)S(C)(=O)=O. The van der Waals surface area contributed by atoms with E-state index in [4.69, 9.17) is 11.6 Å². The van der Waals surface area contributed by atoms with Crippen molar-refractivity contribution in [2.75, 3.05) is 23.7 Å². The number of nitrogens with one attached hydrogen (secondary N) is 1. The van der Waals surface area contributed by atoms with Crippen LogP contribution in [0.15, 0.2) is 48.5 Å². The molecule has 36 heavy (non-hydrogen) atoms. The molecule has 2 rings (SSSR count). The van der Waals surface area contributed by atoms with E-state index in [2.05, 4.69) is 5.32 Å². The van der Waals surface area contributed by atoms with Gasteiger partial charge in [0.2, 0.25) is 21.8 Å². The molecule has 2 aromatic rings. The molecule has 0 spiro atoms. The van der Waals surface area contributed by atoms with E-state index in [0.717, 1.165) is 31.2 Å². The second-order valence-corrected chi connectivity index (χ2v) is 10.6. The molecule has 0 aromatic heterocycles. The number of rotatable bonds is 11. The molecule has 0 bridgehead atoms. The van der Waals surface area contributed by atoms with Crippen molar-refractivity contribution in [3.8, 4) is 0 Å². The molecule has 198 valence electrons. The number of amides is 2. The van der Waals surface area contributed by atoms with Gasteiger partial charge < -0.3 is 10.2 Å². The van der Waals surface area contributed by atoms with Crippen LogP contribution >= 0.6 is 11.6 Å². The van der Waals surface area contributed by atoms with Crippen LogP contribution in [-0.2, 0) is 32.3 Å². The number of hydrogen-bond acceptors (Lipinski definition) is 4. The van der Waals surface area contributed by atoms with Crippen LogP contribution < -0.4 is 9.62 Å². The Hall–Kier alpha value is -2.79. The summed E-state index contributed by atoms with van der Waals surface area (Å²) in [5, 5.41) is 2.14. The van der Waals surface area contributed by atoms with E-state index in [9.17, 15) is 31.2 Å². The van der Waals surface area contributed by atoms with Crippen LogP contribution in [0.4, 0.5) is 18.9 Å². The molecule has 0 saturated carbocycles. The zero-order valence-corrected chi connectivity index (χ0v) is 21.8. The van der Waals surface area contributed by atoms with Gasteiger partial charge in [-0.3, -0.25) is 13.9 Å². The Morgan fingerprint density at radius 3 is 2.31 bits per heavy atom. The van der Waals surface area contributed by atoms with Crippen LogP contribution in [0.25, 0.3) is 0 Å². The molecule has 0 radical (unpaired) electrons. The average Bonchev–Trinajstić information content (AvgIpc) is 2.80. The lowest BCUT2D eigenvalue weighted by Gasteiger charge is -2.31. The first-order valence-corrected chi connectivity index (χ1v) is 13.4. The second-order valence-electron chi connectivity index (χ2n) is 8.26. The van der Waals surface area contributed by atoms with Gasteiger partial charge in [0, 0.05) is 13.1 Å². The van der Waals surface area contributed by atoms with Crippen molar-refractivity contribution < 1.29 is 31.2 Å². The van der Waals surface area contributed by atoms with Crippen molar-refractivity contribution in [2.24, 2.45) is 0 Å². The highest BCUT2D eigenvalue weighted by Gasteiger charge is 2.35. The highest BCUT2D eigenvalue weighted by atomic mass is 35.5. The lowest BCUT2D eigenvalue weighted by Crippen LogP contribution is -2.51. The predicted molar refractivity (Wildman–Crippen MR) is 133 cm³/mol. The summed E-state index contributed by atoms with van der Waals surface area (Å²) in [4.78, 5) is 27.3. The Bertz CT molecular complexity index is 1160. The number of unbranched alkanes of at least 4 members (excludes halogenated alkanes) is 1. The van der Waals surface area contributed by atoms with E-state index >= 15 is 0 Å². The number of carbonyl (C=O) groups is 2. The third-order valence-electron chi connectivity index (χ3n) is 5.42. The Labute approximate surface area is 214 Å². The normalized spacial score (nSPS) is 12.6. The van der Waals surface area contributed by atoms with Gasteiger partial charge in [0.1, 0.15) is 12.6 Å². The summed E-state index contributed by atoms with van der Waals surface area (Å²) < 4.78 is 65.8. The molecule has 1 unspecified atom stereocenters. The Kier molecular flexibility index (Phi) is 10.2. The molecule has 0 fully saturated rings. The fourth-order valence-corrected chi connectivity index (χ4v) is 4.46. The lowest BCUT2D eigenvalue weighted by molar-refractivity contribution is -0.139. The zero-order chi connectivity index (χ0) is 27.1. The van der Waals surface area contributed by atoms with E-state index in [0.29, 0.717) is 22.5 Å². The maximum Gasteiger partial charge on any atom is 0.417 e. The quantitative estimate of drug-likeness (QED) is 0.421. The van der Waals surface area contributed by atoms with Crippen LogP contribution in [0, 0.1) is 0 Å². The molecular formula is C24H29ClF3N3O4S. The fourth-order valence-electron chi connectivity index (χ4n) is 3.40. The molecule has 0 aliphatic heterocycles. The first-order chi connectivity index (χ1) is 16.8. The Balaban J connectivity index is 2.42. The van der Waals surface area contributed by atoms with Gasteiger partial charge in [0.25, 0.3) is 0 Å². The van der Waals surface area contributed by atoms with E-state index in [1.807, 2.05) is 6.92 Å². The number of nitrogens with zero attached hydrogens (tertiary/aromatic N) is 2. The smallest absolute Gasteiger partial charge is 0.354 e. The van der Waals surface area contributed by atoms with Crippen LogP contribution in [0.3, 0.4) is 0 Å². The molecule has 2 aromatic carbocycles. The summed E-state index contributed by atoms with van der Waals surface area (Å²) in [5.41, 5.74) is -0.911. The van der Waals surface area contributed by atoms with Gasteiger partial charge in [-0.05, 0) is 37.1 Å². The minimum absolute atomic E-state index is 0.00589. The molecule has 1 atom stereocenters. The summed E-state index contributed by atoms with van der Waals surface area (Å²) in [7, 11) is -4.18. The van der Waals surface area contributed by atoms with E-state index in [-0.39, 0.29) is 12.2 Å². The lowest BCUT2D eigenvalue weighted by atomic mass is 10.1. The number of benzene rings is 2. The zero-order valence-electron chi connectivity index (χ0n) is 20.2. The maximum absolute atomic E-state index is 13.4. The first kappa shape index (κ1) is 29.4. The fraction of sp³-hybridized carbons (Fsp3) is 0.417. The van der Waals surface area contributed by atoms with Gasteiger partial charge in [-0.1, -0.05) is 55.3 Å². The molecule has 0 saturated heterocycles. The topological polar surface area (TPSA) is 86.8 Å². The van der Waals surface area contributed by atoms with Crippen molar-refractivity contribution in [3.63, 3.8) is 0 Å². The highest BCUT2D eigenvalue weighted by Crippen LogP contribution is 2.37. The first-order valence-electron chi connectivity index (χ1n) is 11.2. The van der Waals surface area contributed by atoms with Crippen LogP contribution in [-0.4, -0.2) is 50.5 Å². The van der Waals surface area contributed by atoms with E-state index in [1.165, 1.54) is 11.8 Å². The van der Waals surface area contributed by atoms with Gasteiger partial charge in [0.05, 0.1) is 22.5 Å². The molecule has 0 heterocycles. The number of halogens is 4. The molecule has 0 aliphatic rings. The molecule has 2 amide bonds. The number of sulfonamides is 1. The van der Waals surface area contributed by atoms with Gasteiger partial charge in [-0.15, -0.1) is 0 Å². The maximum atomic E-state index is 13.4. The van der Waals surface area contributed by atoms with Gasteiger partial charge in [-0.2, -0.15) is 13.2 Å². The van der Waals surface area contributed by atoms with Crippen molar-refractivity contribution >= 4 is 39.1 Å². The third-order valence-corrected chi connectivity index (χ3v) is 6.89. The molecule has 12 heteroatoms. The number of anilines is 1. The van der Waals surface area contributed by atoms with Crippen molar-refractivity contribution in [2.45, 2.75) is 45.5 Å². The third kappa shape index (κ3) is 8.12. The summed E-state index contributed by atoms with van der Waals surface area (Å²) >= 11 is 5.67. The highest BCUT2D eigenvalue weighted by molar-refractivity contribution is 7.92. The van der Waals surface area contributed by atoms with Crippen molar-refractivity contribution in [1.82, 2.24) is 10.2 Å². The number of carbonyl (C=O) groups excluding carboxylic acids is 2. The minimum atomic E-state index is -4.83. The summed E-state index contributed by atoms with van der Waals surface area (Å²) in [5.74, 6) is -1.18. The second kappa shape index (κ2) is 12.4. The van der Waals surface area contributed by atoms with Crippen molar-refractivity contribution in [1.29, 1.82) is 0 Å². The van der Waals surface area contributed by atoms with Gasteiger partial charge in [0.15, 0.2) is 0 Å². The van der Waals surface area contributed by atoms with E-state index in [1.54, 1.807) is 30.3 Å². The van der Waals surface area contributed by atoms with Crippen LogP contribution in [0.1, 0.15) is 37.8 Å². The predicted octanol–water partition coefficient (Wildman–Crippen LogP) is 4.46. The largest absolute Gasteiger partial charge is 0.417 e. The standard InChI is InChI=1S/C24H29ClF3N3O4S/c1-4-5-13-29-23(33)17(2)30(15-18-9-7-6-8-10-18)22(32)16-31(36(3,34)35)19-11-12-21(25)20(14-19)24(26,27)28/h6-12,14,17H,4-5,13,15-16H2,1-3H3,(H,29,33). The van der Waals surface area contributed by atoms with Crippen LogP contribution in [0.2, 0.25) is 5.02 Å². The monoisotopic (exact) mass is 547 g/mol. The summed E-state index contributed by atoms with van der Waals surface area (Å²) in [6.45, 7) is 3.07. The molecule has 1 N–H and O–H groups in total. The van der Waals surface area contributed by atoms with Crippen LogP contribution in [0.5, 0.6) is 0 Å². The molecule has 7 nitrogen and oxygen atoms in total. The van der Waals surface area contributed by atoms with E-state index < -0.39 is 51.2 Å². The van der Waals surface area contributed by atoms with Gasteiger partial charge in [-0.25, -0.2) is 8.42 Å². The number of alkyl halides is 3. The molecular weight excluding hydrogens is 519 g/mol. The Morgan fingerprint density at radius 2 is 1.75 bits per heavy atom. The van der Waals surface area contributed by atoms with Crippen molar-refractivity contribution in [3.05, 3.63) is 64.7 Å². The average molecular weight is 548 g/mol. The number of hydrogen-bond donors (Lipinski definition) is 1. The summed E-state index contributed by atoms with van der Waals surface area (Å²) in [6, 6.07) is 10.4. The summed E-state index contributed by atoms with van der Waals surface area (Å²) in [6.07, 6.45) is -2.45. The molecule has 0 aliphatic carbocycles. The van der Waals surface area contributed by atoms with Gasteiger partial charge >= 0.3 is 6.18 Å². The Morgan fingerprint density at radius 1 is 1.11 bits per heavy atom. The minimum Gasteiger partial charge on any atom is -0.354 e.